The van der Waals surface area contributed by atoms with Crippen LogP contribution in [0.3, 0.4) is 0 Å². The fourth-order valence-electron chi connectivity index (χ4n) is 2.52. The van der Waals surface area contributed by atoms with Crippen LogP contribution < -0.4 is 5.73 Å². The lowest BCUT2D eigenvalue weighted by atomic mass is 10.2. The molecule has 1 aromatic carbocycles. The van der Waals surface area contributed by atoms with Crippen molar-refractivity contribution in [2.75, 3.05) is 5.73 Å². The molecule has 3 aromatic rings. The number of aromatic nitrogens is 4. The first-order valence-corrected chi connectivity index (χ1v) is 7.44. The van der Waals surface area contributed by atoms with Crippen LogP contribution in [-0.2, 0) is 13.5 Å². The van der Waals surface area contributed by atoms with E-state index < -0.39 is 0 Å². The van der Waals surface area contributed by atoms with E-state index in [1.807, 2.05) is 7.05 Å². The van der Waals surface area contributed by atoms with Gasteiger partial charge in [-0.3, -0.25) is 4.57 Å². The summed E-state index contributed by atoms with van der Waals surface area (Å²) in [5, 5.41) is 5.56. The predicted octanol–water partition coefficient (Wildman–Crippen LogP) is 3.60. The second-order valence-electron chi connectivity index (χ2n) is 4.87. The largest absolute Gasteiger partial charge is 0.369 e. The molecule has 3 rings (SSSR count). The van der Waals surface area contributed by atoms with Crippen molar-refractivity contribution in [2.45, 2.75) is 19.8 Å². The first-order chi connectivity index (χ1) is 10.0. The second-order valence-corrected chi connectivity index (χ2v) is 5.68. The van der Waals surface area contributed by atoms with Crippen LogP contribution in [0.15, 0.2) is 18.2 Å². The molecule has 0 unspecified atom stereocenters. The molecule has 0 radical (unpaired) electrons. The van der Waals surface area contributed by atoms with Gasteiger partial charge in [-0.25, -0.2) is 9.67 Å². The van der Waals surface area contributed by atoms with Crippen molar-refractivity contribution in [1.82, 2.24) is 19.3 Å². The van der Waals surface area contributed by atoms with Gasteiger partial charge in [0.2, 0.25) is 5.95 Å². The number of aryl methyl sites for hydroxylation is 2. The molecule has 2 heterocycles. The van der Waals surface area contributed by atoms with Gasteiger partial charge < -0.3 is 5.73 Å². The number of hydrogen-bond acceptors (Lipinski definition) is 3. The number of fused-ring (bicyclic) bond motifs is 1. The van der Waals surface area contributed by atoms with Gasteiger partial charge in [-0.2, -0.15) is 5.10 Å². The zero-order valence-electron chi connectivity index (χ0n) is 11.8. The van der Waals surface area contributed by atoms with Crippen LogP contribution >= 0.6 is 23.2 Å². The molecule has 0 bridgehead atoms. The van der Waals surface area contributed by atoms with Crippen LogP contribution in [0, 0.1) is 0 Å². The van der Waals surface area contributed by atoms with Crippen molar-refractivity contribution >= 4 is 40.3 Å². The van der Waals surface area contributed by atoms with E-state index in [0.29, 0.717) is 21.7 Å². The highest BCUT2D eigenvalue weighted by atomic mass is 35.5. The third kappa shape index (κ3) is 2.17. The number of para-hydroxylation sites is 1. The Morgan fingerprint density at radius 2 is 1.90 bits per heavy atom. The quantitative estimate of drug-likeness (QED) is 0.801. The van der Waals surface area contributed by atoms with Gasteiger partial charge in [0.25, 0.3) is 0 Å². The monoisotopic (exact) mass is 323 g/mol. The lowest BCUT2D eigenvalue weighted by Crippen LogP contribution is -2.06. The van der Waals surface area contributed by atoms with Crippen molar-refractivity contribution in [3.63, 3.8) is 0 Å². The maximum absolute atomic E-state index is 6.30. The Kier molecular flexibility index (Phi) is 3.55. The fraction of sp³-hybridized carbons (Fsp3) is 0.286. The first-order valence-electron chi connectivity index (χ1n) is 6.68. The molecular weight excluding hydrogens is 309 g/mol. The molecule has 5 nitrogen and oxygen atoms in total. The Bertz CT molecular complexity index is 798. The van der Waals surface area contributed by atoms with Gasteiger partial charge >= 0.3 is 0 Å². The van der Waals surface area contributed by atoms with Crippen LogP contribution in [-0.4, -0.2) is 19.3 Å². The maximum Gasteiger partial charge on any atom is 0.207 e. The number of nitrogens with zero attached hydrogens (tertiary/aromatic N) is 4. The van der Waals surface area contributed by atoms with E-state index in [4.69, 9.17) is 28.9 Å². The lowest BCUT2D eigenvalue weighted by molar-refractivity contribution is 0.738. The average molecular weight is 324 g/mol. The normalized spacial score (nSPS) is 11.4. The van der Waals surface area contributed by atoms with E-state index >= 15 is 0 Å². The van der Waals surface area contributed by atoms with Gasteiger partial charge in [-0.1, -0.05) is 42.6 Å². The molecule has 0 saturated heterocycles. The molecule has 0 atom stereocenters. The van der Waals surface area contributed by atoms with Gasteiger partial charge in [0, 0.05) is 7.05 Å². The van der Waals surface area contributed by atoms with E-state index in [9.17, 15) is 0 Å². The van der Waals surface area contributed by atoms with Crippen molar-refractivity contribution in [3.05, 3.63) is 33.9 Å². The van der Waals surface area contributed by atoms with Gasteiger partial charge in [0.05, 0.1) is 21.4 Å². The van der Waals surface area contributed by atoms with Crippen LogP contribution in [0.1, 0.15) is 19.0 Å². The Morgan fingerprint density at radius 1 is 1.24 bits per heavy atom. The smallest absolute Gasteiger partial charge is 0.207 e. The van der Waals surface area contributed by atoms with Gasteiger partial charge in [-0.05, 0) is 18.6 Å². The molecule has 0 aliphatic heterocycles. The molecule has 110 valence electrons. The maximum atomic E-state index is 6.30. The lowest BCUT2D eigenvalue weighted by Gasteiger charge is -2.10. The zero-order chi connectivity index (χ0) is 15.1. The van der Waals surface area contributed by atoms with Crippen molar-refractivity contribution < 1.29 is 0 Å². The highest BCUT2D eigenvalue weighted by molar-refractivity contribution is 6.37. The number of rotatable bonds is 3. The fourth-order valence-corrected chi connectivity index (χ4v) is 3.09. The molecule has 0 amide bonds. The standard InChI is InChI=1S/C14H15Cl2N5/c1-3-5-10-11-13(20(2)19-10)21(14(17)18-11)12-8(15)6-4-7-9(12)16/h4,6-7H,3,5H2,1-2H3,(H2,17,18). The Labute approximate surface area is 132 Å². The van der Waals surface area contributed by atoms with Crippen molar-refractivity contribution in [3.8, 4) is 5.69 Å². The third-order valence-electron chi connectivity index (χ3n) is 3.38. The summed E-state index contributed by atoms with van der Waals surface area (Å²) in [6.45, 7) is 2.10. The predicted molar refractivity (Wildman–Crippen MR) is 86.3 cm³/mol. The Morgan fingerprint density at radius 3 is 2.52 bits per heavy atom. The summed E-state index contributed by atoms with van der Waals surface area (Å²) >= 11 is 12.6. The van der Waals surface area contributed by atoms with E-state index in [2.05, 4.69) is 17.0 Å². The number of nitrogen functional groups attached to an aromatic ring is 1. The third-order valence-corrected chi connectivity index (χ3v) is 3.99. The van der Waals surface area contributed by atoms with E-state index in [1.165, 1.54) is 0 Å². The minimum atomic E-state index is 0.352. The van der Waals surface area contributed by atoms with Crippen LogP contribution in [0.5, 0.6) is 0 Å². The average Bonchev–Trinajstić information content (AvgIpc) is 2.90. The SMILES string of the molecule is CCCc1nn(C)c2c1nc(N)n2-c1c(Cl)cccc1Cl. The van der Waals surface area contributed by atoms with Gasteiger partial charge in [-0.15, -0.1) is 0 Å². The molecule has 0 fully saturated rings. The molecular formula is C14H15Cl2N5. The summed E-state index contributed by atoms with van der Waals surface area (Å²) in [6, 6.07) is 5.35. The topological polar surface area (TPSA) is 61.7 Å². The molecule has 0 aliphatic rings. The van der Waals surface area contributed by atoms with Gasteiger partial charge in [0.1, 0.15) is 5.52 Å². The molecule has 2 N–H and O–H groups in total. The summed E-state index contributed by atoms with van der Waals surface area (Å²) < 4.78 is 3.52. The van der Waals surface area contributed by atoms with Crippen LogP contribution in [0.4, 0.5) is 5.95 Å². The van der Waals surface area contributed by atoms with Gasteiger partial charge in [0.15, 0.2) is 5.65 Å². The number of nitrogens with two attached hydrogens (primary N) is 1. The number of imidazole rings is 1. The Hall–Kier alpha value is -1.72. The minimum absolute atomic E-state index is 0.352. The Balaban J connectivity index is 2.36. The summed E-state index contributed by atoms with van der Waals surface area (Å²) in [7, 11) is 1.86. The summed E-state index contributed by atoms with van der Waals surface area (Å²) in [4.78, 5) is 4.45. The van der Waals surface area contributed by atoms with Crippen molar-refractivity contribution in [1.29, 1.82) is 0 Å². The first kappa shape index (κ1) is 14.2. The highest BCUT2D eigenvalue weighted by Crippen LogP contribution is 2.34. The molecule has 2 aromatic heterocycles. The zero-order valence-corrected chi connectivity index (χ0v) is 13.3. The minimum Gasteiger partial charge on any atom is -0.369 e. The number of anilines is 1. The number of halogens is 2. The second kappa shape index (κ2) is 5.24. The molecule has 21 heavy (non-hydrogen) atoms. The summed E-state index contributed by atoms with van der Waals surface area (Å²) in [6.07, 6.45) is 1.84. The molecule has 0 saturated carbocycles. The van der Waals surface area contributed by atoms with E-state index in [1.54, 1.807) is 27.4 Å². The van der Waals surface area contributed by atoms with Crippen LogP contribution in [0.2, 0.25) is 10.0 Å². The number of benzene rings is 1. The highest BCUT2D eigenvalue weighted by Gasteiger charge is 2.21. The van der Waals surface area contributed by atoms with E-state index in [0.717, 1.165) is 29.7 Å². The molecule has 0 aliphatic carbocycles. The summed E-state index contributed by atoms with van der Waals surface area (Å²) in [5.74, 6) is 0.352. The summed E-state index contributed by atoms with van der Waals surface area (Å²) in [5.41, 5.74) is 9.26. The van der Waals surface area contributed by atoms with Crippen molar-refractivity contribution in [2.24, 2.45) is 7.05 Å². The molecule has 0 spiro atoms. The molecule has 7 heteroatoms. The number of hydrogen-bond donors (Lipinski definition) is 1. The van der Waals surface area contributed by atoms with Crippen LogP contribution in [0.25, 0.3) is 16.9 Å². The van der Waals surface area contributed by atoms with E-state index in [-0.39, 0.29) is 0 Å².